The largest absolute Gasteiger partial charge is 0.490 e. The van der Waals surface area contributed by atoms with E-state index in [2.05, 4.69) is 4.90 Å². The molecule has 0 radical (unpaired) electrons. The molecule has 3 aliphatic heterocycles. The van der Waals surface area contributed by atoms with Crippen molar-refractivity contribution in [1.82, 2.24) is 4.90 Å². The fraction of sp³-hybridized carbons (Fsp3) is 0.571. The maximum Gasteiger partial charge on any atom is 0.165 e. The van der Waals surface area contributed by atoms with Crippen LogP contribution >= 0.6 is 24.0 Å². The van der Waals surface area contributed by atoms with Crippen LogP contribution in [0.5, 0.6) is 5.75 Å². The minimum atomic E-state index is -3.27. The molecule has 210 valence electrons. The molecular formula is C28H35Cl2F2NO4S. The summed E-state index contributed by atoms with van der Waals surface area (Å²) in [6.07, 6.45) is 3.78. The Kier molecular flexibility index (Phi) is 9.62. The van der Waals surface area contributed by atoms with Gasteiger partial charge in [0, 0.05) is 28.5 Å². The summed E-state index contributed by atoms with van der Waals surface area (Å²) in [5.74, 6) is -1.31. The molecular weight excluding hydrogens is 555 g/mol. The second kappa shape index (κ2) is 12.4. The summed E-state index contributed by atoms with van der Waals surface area (Å²) in [6, 6.07) is 9.62. The van der Waals surface area contributed by atoms with Gasteiger partial charge in [-0.2, -0.15) is 0 Å². The van der Waals surface area contributed by atoms with E-state index >= 15 is 4.39 Å². The summed E-state index contributed by atoms with van der Waals surface area (Å²) in [5.41, 5.74) is 0.400. The molecule has 0 aliphatic carbocycles. The number of likely N-dealkylation sites (tertiary alicyclic amines) is 1. The summed E-state index contributed by atoms with van der Waals surface area (Å²) in [5, 5.41) is 0.599. The molecule has 5 rings (SSSR count). The maximum atomic E-state index is 15.4. The molecule has 0 saturated carbocycles. The first-order chi connectivity index (χ1) is 17.8. The topological polar surface area (TPSA) is 55.8 Å². The van der Waals surface area contributed by atoms with Crippen molar-refractivity contribution in [2.75, 3.05) is 44.4 Å². The van der Waals surface area contributed by atoms with Crippen LogP contribution in [-0.4, -0.2) is 63.8 Å². The third-order valence-electron chi connectivity index (χ3n) is 8.28. The second-order valence-electron chi connectivity index (χ2n) is 10.6. The number of fused-ring (bicyclic) bond motifs is 3. The molecule has 2 aromatic rings. The average molecular weight is 591 g/mol. The van der Waals surface area contributed by atoms with E-state index in [1.54, 1.807) is 12.1 Å². The van der Waals surface area contributed by atoms with Gasteiger partial charge < -0.3 is 14.4 Å². The molecule has 2 aromatic carbocycles. The number of hydrogen-bond acceptors (Lipinski definition) is 5. The van der Waals surface area contributed by atoms with E-state index < -0.39 is 33.0 Å². The van der Waals surface area contributed by atoms with Crippen LogP contribution in [0.15, 0.2) is 36.4 Å². The molecule has 0 aromatic heterocycles. The first-order valence-electron chi connectivity index (χ1n) is 13.2. The molecule has 0 unspecified atom stereocenters. The van der Waals surface area contributed by atoms with E-state index in [-0.39, 0.29) is 47.8 Å². The molecule has 3 atom stereocenters. The lowest BCUT2D eigenvalue weighted by molar-refractivity contribution is -0.0963. The van der Waals surface area contributed by atoms with E-state index in [4.69, 9.17) is 21.1 Å². The van der Waals surface area contributed by atoms with Crippen LogP contribution in [0.1, 0.15) is 43.2 Å². The molecule has 2 fully saturated rings. The summed E-state index contributed by atoms with van der Waals surface area (Å²) in [4.78, 5) is 2.31. The molecule has 3 aliphatic rings. The zero-order chi connectivity index (χ0) is 26.0. The van der Waals surface area contributed by atoms with Crippen LogP contribution in [0.2, 0.25) is 5.02 Å². The predicted octanol–water partition coefficient (Wildman–Crippen LogP) is 5.61. The smallest absolute Gasteiger partial charge is 0.165 e. The Morgan fingerprint density at radius 3 is 2.47 bits per heavy atom. The van der Waals surface area contributed by atoms with Gasteiger partial charge in [-0.05, 0) is 88.0 Å². The van der Waals surface area contributed by atoms with Gasteiger partial charge in [0.05, 0.1) is 24.2 Å². The fourth-order valence-electron chi connectivity index (χ4n) is 6.41. The SMILES string of the molecule is Cl.O=S(=O)(CCCN1CCCC1)CC[C@@H]1OCC[C@@]2(Cc3ccc(Cl)cc3)c3c(F)ccc(F)c3OC[C@@H]12. The quantitative estimate of drug-likeness (QED) is 0.380. The van der Waals surface area contributed by atoms with Crippen LogP contribution in [0.4, 0.5) is 8.78 Å². The van der Waals surface area contributed by atoms with E-state index in [0.29, 0.717) is 37.3 Å². The van der Waals surface area contributed by atoms with Gasteiger partial charge in [-0.25, -0.2) is 17.2 Å². The van der Waals surface area contributed by atoms with Crippen LogP contribution in [0.25, 0.3) is 0 Å². The number of rotatable bonds is 9. The highest BCUT2D eigenvalue weighted by Crippen LogP contribution is 2.52. The summed E-state index contributed by atoms with van der Waals surface area (Å²) < 4.78 is 67.8. The molecule has 0 N–H and O–H groups in total. The third kappa shape index (κ3) is 6.30. The zero-order valence-corrected chi connectivity index (χ0v) is 23.7. The van der Waals surface area contributed by atoms with E-state index in [1.165, 1.54) is 12.8 Å². The van der Waals surface area contributed by atoms with Gasteiger partial charge in [-0.3, -0.25) is 0 Å². The number of sulfone groups is 1. The normalized spacial score (nSPS) is 25.2. The van der Waals surface area contributed by atoms with Crippen molar-refractivity contribution in [2.45, 2.75) is 50.0 Å². The Hall–Kier alpha value is -1.45. The van der Waals surface area contributed by atoms with Gasteiger partial charge in [-0.15, -0.1) is 12.4 Å². The minimum Gasteiger partial charge on any atom is -0.490 e. The monoisotopic (exact) mass is 589 g/mol. The molecule has 5 nitrogen and oxygen atoms in total. The predicted molar refractivity (Wildman–Crippen MR) is 147 cm³/mol. The first kappa shape index (κ1) is 29.5. The number of halogens is 4. The Labute approximate surface area is 235 Å². The van der Waals surface area contributed by atoms with Crippen molar-refractivity contribution in [3.63, 3.8) is 0 Å². The second-order valence-corrected chi connectivity index (χ2v) is 13.4. The Morgan fingerprint density at radius 1 is 1.03 bits per heavy atom. The molecule has 0 bridgehead atoms. The lowest BCUT2D eigenvalue weighted by Gasteiger charge is -2.51. The molecule has 2 saturated heterocycles. The molecule has 10 heteroatoms. The van der Waals surface area contributed by atoms with Crippen LogP contribution in [0.3, 0.4) is 0 Å². The van der Waals surface area contributed by atoms with Crippen molar-refractivity contribution in [1.29, 1.82) is 0 Å². The average Bonchev–Trinajstić information content (AvgIpc) is 3.39. The molecule has 0 amide bonds. The van der Waals surface area contributed by atoms with Crippen molar-refractivity contribution < 1.29 is 26.7 Å². The first-order valence-corrected chi connectivity index (χ1v) is 15.4. The summed E-state index contributed by atoms with van der Waals surface area (Å²) >= 11 is 6.09. The van der Waals surface area contributed by atoms with E-state index in [0.717, 1.165) is 37.3 Å². The fourth-order valence-corrected chi connectivity index (χ4v) is 7.90. The Bertz CT molecular complexity index is 1210. The van der Waals surface area contributed by atoms with Crippen LogP contribution in [0, 0.1) is 17.6 Å². The standard InChI is InChI=1S/C28H34ClF2NO4S.ClH/c29-21-6-4-20(5-7-21)18-28-11-15-35-25(10-17-37(33,34)16-3-14-32-12-1-2-13-32)22(28)19-36-27-24(31)9-8-23(30)26(27)28;/h4-9,22,25H,1-3,10-19H2;1H/t22-,25-,28-;/m0./s1. The van der Waals surface area contributed by atoms with Crippen molar-refractivity contribution in [3.05, 3.63) is 64.2 Å². The van der Waals surface area contributed by atoms with Crippen LogP contribution < -0.4 is 4.74 Å². The number of benzene rings is 2. The van der Waals surface area contributed by atoms with Gasteiger partial charge >= 0.3 is 0 Å². The van der Waals surface area contributed by atoms with Gasteiger partial charge in [0.2, 0.25) is 0 Å². The van der Waals surface area contributed by atoms with Gasteiger partial charge in [-0.1, -0.05) is 23.7 Å². The van der Waals surface area contributed by atoms with Gasteiger partial charge in [0.15, 0.2) is 11.6 Å². The summed E-state index contributed by atoms with van der Waals surface area (Å²) in [6.45, 7) is 3.37. The molecule has 3 heterocycles. The number of ether oxygens (including phenoxy) is 2. The summed E-state index contributed by atoms with van der Waals surface area (Å²) in [7, 11) is -3.27. The highest BCUT2D eigenvalue weighted by atomic mass is 35.5. The Morgan fingerprint density at radius 2 is 1.74 bits per heavy atom. The van der Waals surface area contributed by atoms with E-state index in [1.807, 2.05) is 12.1 Å². The van der Waals surface area contributed by atoms with Gasteiger partial charge in [0.25, 0.3) is 0 Å². The zero-order valence-electron chi connectivity index (χ0n) is 21.3. The maximum absolute atomic E-state index is 15.4. The molecule has 38 heavy (non-hydrogen) atoms. The molecule has 0 spiro atoms. The minimum absolute atomic E-state index is 0. The van der Waals surface area contributed by atoms with Crippen molar-refractivity contribution in [3.8, 4) is 5.75 Å². The lowest BCUT2D eigenvalue weighted by atomic mass is 9.60. The number of nitrogens with zero attached hydrogens (tertiary/aromatic N) is 1. The highest BCUT2D eigenvalue weighted by Gasteiger charge is 2.53. The van der Waals surface area contributed by atoms with E-state index in [9.17, 15) is 12.8 Å². The van der Waals surface area contributed by atoms with Crippen LogP contribution in [-0.2, 0) is 26.4 Å². The van der Waals surface area contributed by atoms with Crippen molar-refractivity contribution >= 4 is 33.8 Å². The number of hydrogen-bond donors (Lipinski definition) is 0. The Balaban J connectivity index is 0.00000336. The van der Waals surface area contributed by atoms with Crippen molar-refractivity contribution in [2.24, 2.45) is 5.92 Å². The third-order valence-corrected chi connectivity index (χ3v) is 10.3. The van der Waals surface area contributed by atoms with Gasteiger partial charge in [0.1, 0.15) is 15.7 Å². The highest BCUT2D eigenvalue weighted by molar-refractivity contribution is 7.91. The lowest BCUT2D eigenvalue weighted by Crippen LogP contribution is -2.55.